The summed E-state index contributed by atoms with van der Waals surface area (Å²) in [5.41, 5.74) is 7.21. The number of carbonyl (C=O) groups excluding carboxylic acids is 1. The lowest BCUT2D eigenvalue weighted by Gasteiger charge is -2.34. The zero-order valence-electron chi connectivity index (χ0n) is 12.0. The number of hydrogen-bond acceptors (Lipinski definition) is 5. The van der Waals surface area contributed by atoms with Crippen LogP contribution in [0.3, 0.4) is 0 Å². The zero-order valence-corrected chi connectivity index (χ0v) is 12.0. The molecule has 0 radical (unpaired) electrons. The summed E-state index contributed by atoms with van der Waals surface area (Å²) >= 11 is 0. The molecule has 7 nitrogen and oxygen atoms in total. The molecule has 1 aliphatic rings. The van der Waals surface area contributed by atoms with Crippen molar-refractivity contribution >= 4 is 23.0 Å². The minimum absolute atomic E-state index is 0.00274. The van der Waals surface area contributed by atoms with Crippen molar-refractivity contribution in [3.8, 4) is 0 Å². The van der Waals surface area contributed by atoms with E-state index < -0.39 is 4.92 Å². The van der Waals surface area contributed by atoms with Gasteiger partial charge in [-0.3, -0.25) is 14.9 Å². The predicted molar refractivity (Wildman–Crippen MR) is 81.1 cm³/mol. The molecule has 114 valence electrons. The van der Waals surface area contributed by atoms with Crippen molar-refractivity contribution in [2.45, 2.75) is 19.8 Å². The Labute approximate surface area is 123 Å². The lowest BCUT2D eigenvalue weighted by molar-refractivity contribution is -0.384. The van der Waals surface area contributed by atoms with Crippen LogP contribution in [0.25, 0.3) is 0 Å². The number of nitrogens with zero attached hydrogens (tertiary/aromatic N) is 2. The quantitative estimate of drug-likeness (QED) is 0.498. The highest BCUT2D eigenvalue weighted by molar-refractivity contribution is 5.73. The van der Waals surface area contributed by atoms with E-state index in [0.29, 0.717) is 18.2 Å². The van der Waals surface area contributed by atoms with Gasteiger partial charge in [-0.25, -0.2) is 0 Å². The summed E-state index contributed by atoms with van der Waals surface area (Å²) in [4.78, 5) is 23.3. The summed E-state index contributed by atoms with van der Waals surface area (Å²) < 4.78 is 0. The van der Waals surface area contributed by atoms with Gasteiger partial charge in [-0.1, -0.05) is 0 Å². The van der Waals surface area contributed by atoms with Gasteiger partial charge in [0.25, 0.3) is 5.69 Å². The second-order valence-corrected chi connectivity index (χ2v) is 5.37. The standard InChI is InChI=1S/C14H20N4O3/c1-10(19)16-9-11-4-6-17(7-5-11)14-3-2-12(18(20)21)8-13(14)15/h2-3,8,11H,4-7,9,15H2,1H3,(H,16,19). The number of nitrogen functional groups attached to an aromatic ring is 1. The van der Waals surface area contributed by atoms with E-state index in [1.807, 2.05) is 0 Å². The lowest BCUT2D eigenvalue weighted by Crippen LogP contribution is -2.38. The minimum atomic E-state index is -0.445. The maximum atomic E-state index is 10.9. The van der Waals surface area contributed by atoms with Gasteiger partial charge in [-0.15, -0.1) is 0 Å². The Hall–Kier alpha value is -2.31. The summed E-state index contributed by atoms with van der Waals surface area (Å²) in [5, 5.41) is 13.6. The van der Waals surface area contributed by atoms with Crippen LogP contribution in [0.1, 0.15) is 19.8 Å². The lowest BCUT2D eigenvalue weighted by atomic mass is 9.96. The monoisotopic (exact) mass is 292 g/mol. The number of rotatable bonds is 4. The van der Waals surface area contributed by atoms with E-state index in [9.17, 15) is 14.9 Å². The third-order valence-corrected chi connectivity index (χ3v) is 3.82. The molecule has 3 N–H and O–H groups in total. The highest BCUT2D eigenvalue weighted by atomic mass is 16.6. The molecule has 0 saturated carbocycles. The Morgan fingerprint density at radius 2 is 2.14 bits per heavy atom. The molecular weight excluding hydrogens is 272 g/mol. The Morgan fingerprint density at radius 3 is 2.67 bits per heavy atom. The summed E-state index contributed by atoms with van der Waals surface area (Å²) in [5.74, 6) is 0.474. The second kappa shape index (κ2) is 6.43. The molecule has 2 rings (SSSR count). The van der Waals surface area contributed by atoms with Crippen LogP contribution in [-0.2, 0) is 4.79 Å². The first kappa shape index (κ1) is 15.1. The van der Waals surface area contributed by atoms with Crippen molar-refractivity contribution in [1.29, 1.82) is 0 Å². The largest absolute Gasteiger partial charge is 0.397 e. The molecule has 0 unspecified atom stereocenters. The van der Waals surface area contributed by atoms with Crippen LogP contribution in [0.4, 0.5) is 17.1 Å². The molecule has 21 heavy (non-hydrogen) atoms. The SMILES string of the molecule is CC(=O)NCC1CCN(c2ccc([N+](=O)[O-])cc2N)CC1. The van der Waals surface area contributed by atoms with Crippen molar-refractivity contribution in [1.82, 2.24) is 5.32 Å². The first-order valence-corrected chi connectivity index (χ1v) is 7.00. The molecular formula is C14H20N4O3. The van der Waals surface area contributed by atoms with Gasteiger partial charge in [-0.2, -0.15) is 0 Å². The number of nitro groups is 1. The Morgan fingerprint density at radius 1 is 1.48 bits per heavy atom. The Bertz CT molecular complexity index is 539. The van der Waals surface area contributed by atoms with Crippen LogP contribution in [0, 0.1) is 16.0 Å². The number of carbonyl (C=O) groups is 1. The highest BCUT2D eigenvalue weighted by Crippen LogP contribution is 2.30. The van der Waals surface area contributed by atoms with E-state index in [4.69, 9.17) is 5.73 Å². The fourth-order valence-electron chi connectivity index (χ4n) is 2.61. The second-order valence-electron chi connectivity index (χ2n) is 5.37. The molecule has 0 aromatic heterocycles. The molecule has 0 aliphatic carbocycles. The number of hydrogen-bond donors (Lipinski definition) is 2. The fourth-order valence-corrected chi connectivity index (χ4v) is 2.61. The van der Waals surface area contributed by atoms with Gasteiger partial charge in [-0.05, 0) is 24.8 Å². The first-order valence-electron chi connectivity index (χ1n) is 7.00. The molecule has 0 bridgehead atoms. The summed E-state index contributed by atoms with van der Waals surface area (Å²) in [6.07, 6.45) is 1.94. The van der Waals surface area contributed by atoms with Crippen molar-refractivity contribution in [3.05, 3.63) is 28.3 Å². The maximum absolute atomic E-state index is 10.9. The summed E-state index contributed by atoms with van der Waals surface area (Å²) in [6, 6.07) is 4.59. The minimum Gasteiger partial charge on any atom is -0.397 e. The Balaban J connectivity index is 1.96. The van der Waals surface area contributed by atoms with E-state index in [0.717, 1.165) is 31.6 Å². The predicted octanol–water partition coefficient (Wildman–Crippen LogP) is 1.53. The van der Waals surface area contributed by atoms with Crippen molar-refractivity contribution in [2.24, 2.45) is 5.92 Å². The molecule has 7 heteroatoms. The third kappa shape index (κ3) is 3.84. The first-order chi connectivity index (χ1) is 9.97. The normalized spacial score (nSPS) is 15.8. The fraction of sp³-hybridized carbons (Fsp3) is 0.500. The zero-order chi connectivity index (χ0) is 15.4. The molecule has 1 heterocycles. The van der Waals surface area contributed by atoms with Crippen LogP contribution in [0.2, 0.25) is 0 Å². The number of amides is 1. The van der Waals surface area contributed by atoms with E-state index in [1.165, 1.54) is 19.1 Å². The van der Waals surface area contributed by atoms with Gasteiger partial charge in [0.05, 0.1) is 16.3 Å². The molecule has 0 spiro atoms. The number of nitro benzene ring substituents is 1. The number of anilines is 2. The molecule has 1 aliphatic heterocycles. The highest BCUT2D eigenvalue weighted by Gasteiger charge is 2.21. The molecule has 1 amide bonds. The summed E-state index contributed by atoms with van der Waals surface area (Å²) in [6.45, 7) is 3.91. The number of nitrogens with one attached hydrogen (secondary N) is 1. The van der Waals surface area contributed by atoms with Gasteiger partial charge in [0.1, 0.15) is 0 Å². The Kier molecular flexibility index (Phi) is 4.62. The van der Waals surface area contributed by atoms with Crippen LogP contribution >= 0.6 is 0 Å². The molecule has 1 saturated heterocycles. The smallest absolute Gasteiger partial charge is 0.271 e. The number of nitrogens with two attached hydrogens (primary N) is 1. The van der Waals surface area contributed by atoms with Gasteiger partial charge in [0.2, 0.25) is 5.91 Å². The molecule has 1 aromatic rings. The number of non-ortho nitro benzene ring substituents is 1. The van der Waals surface area contributed by atoms with Crippen LogP contribution < -0.4 is 16.0 Å². The van der Waals surface area contributed by atoms with E-state index in [-0.39, 0.29) is 11.6 Å². The van der Waals surface area contributed by atoms with Crippen molar-refractivity contribution in [2.75, 3.05) is 30.3 Å². The average Bonchev–Trinajstić information content (AvgIpc) is 2.45. The molecule has 0 atom stereocenters. The molecule has 1 fully saturated rings. The van der Waals surface area contributed by atoms with E-state index in [1.54, 1.807) is 6.07 Å². The van der Waals surface area contributed by atoms with Crippen LogP contribution in [0.15, 0.2) is 18.2 Å². The van der Waals surface area contributed by atoms with Crippen LogP contribution in [-0.4, -0.2) is 30.5 Å². The maximum Gasteiger partial charge on any atom is 0.271 e. The van der Waals surface area contributed by atoms with Crippen LogP contribution in [0.5, 0.6) is 0 Å². The number of benzene rings is 1. The van der Waals surface area contributed by atoms with Crippen molar-refractivity contribution < 1.29 is 9.72 Å². The summed E-state index contributed by atoms with van der Waals surface area (Å²) in [7, 11) is 0. The average molecular weight is 292 g/mol. The van der Waals surface area contributed by atoms with Gasteiger partial charge < -0.3 is 16.0 Å². The van der Waals surface area contributed by atoms with Crippen molar-refractivity contribution in [3.63, 3.8) is 0 Å². The van der Waals surface area contributed by atoms with E-state index in [2.05, 4.69) is 10.2 Å². The number of piperidine rings is 1. The van der Waals surface area contributed by atoms with E-state index >= 15 is 0 Å². The molecule has 1 aromatic carbocycles. The third-order valence-electron chi connectivity index (χ3n) is 3.82. The van der Waals surface area contributed by atoms with Gasteiger partial charge >= 0.3 is 0 Å². The van der Waals surface area contributed by atoms with Gasteiger partial charge in [0, 0.05) is 38.7 Å². The van der Waals surface area contributed by atoms with Gasteiger partial charge in [0.15, 0.2) is 0 Å². The topological polar surface area (TPSA) is 102 Å².